The number of hydrogen-bond acceptors (Lipinski definition) is 11. The van der Waals surface area contributed by atoms with Crippen molar-refractivity contribution in [1.82, 2.24) is 9.80 Å². The maximum Gasteiger partial charge on any atom is 0.331 e. The minimum Gasteiger partial charge on any atom is -0.461 e. The van der Waals surface area contributed by atoms with Crippen LogP contribution in [0.5, 0.6) is 0 Å². The lowest BCUT2D eigenvalue weighted by Crippen LogP contribution is -2.78. The number of fused-ring (bicyclic) bond motifs is 5. The molecule has 0 spiro atoms. The summed E-state index contributed by atoms with van der Waals surface area (Å²) in [6.07, 6.45) is 5.15. The Bertz CT molecular complexity index is 1590. The summed E-state index contributed by atoms with van der Waals surface area (Å²) in [6.45, 7) is 12.8. The molecule has 10 atom stereocenters. The SMILES string of the molecule is CC[C@H](C)C(=O)O[C@@H](C)[C@]1(O)CC[C@@]2(O)[C@]1(C)[C@H](OC(=O)/C=C/c1ccccc1)C[C@@H]1[C@@]3(C)CC[C@H](OC(=O)CN4CCN(C)CC4)CC3=CC[C@]12O. The van der Waals surface area contributed by atoms with Gasteiger partial charge in [-0.2, -0.15) is 0 Å². The topological polar surface area (TPSA) is 146 Å². The Morgan fingerprint density at radius 2 is 1.68 bits per heavy atom. The second-order valence-electron chi connectivity index (χ2n) is 17.0. The molecule has 3 saturated carbocycles. The highest BCUT2D eigenvalue weighted by atomic mass is 16.6. The van der Waals surface area contributed by atoms with Crippen LogP contribution in [0, 0.1) is 22.7 Å². The summed E-state index contributed by atoms with van der Waals surface area (Å²) in [5.74, 6) is -2.28. The molecule has 4 fully saturated rings. The Kier molecular flexibility index (Phi) is 11.1. The molecule has 0 aromatic heterocycles. The molecule has 53 heavy (non-hydrogen) atoms. The lowest BCUT2D eigenvalue weighted by Gasteiger charge is -2.67. The lowest BCUT2D eigenvalue weighted by atomic mass is 9.42. The van der Waals surface area contributed by atoms with E-state index in [1.54, 1.807) is 26.8 Å². The van der Waals surface area contributed by atoms with Crippen LogP contribution >= 0.6 is 0 Å². The number of benzene rings is 1. The Labute approximate surface area is 314 Å². The monoisotopic (exact) mass is 736 g/mol. The molecule has 1 heterocycles. The number of aliphatic hydroxyl groups is 3. The fraction of sp³-hybridized carbons (Fsp3) is 0.690. The summed E-state index contributed by atoms with van der Waals surface area (Å²) in [7, 11) is 2.08. The summed E-state index contributed by atoms with van der Waals surface area (Å²) >= 11 is 0. The van der Waals surface area contributed by atoms with Crippen molar-refractivity contribution >= 4 is 24.0 Å². The van der Waals surface area contributed by atoms with Gasteiger partial charge in [0.15, 0.2) is 0 Å². The normalized spacial score (nSPS) is 38.5. The molecule has 11 heteroatoms. The van der Waals surface area contributed by atoms with Gasteiger partial charge in [-0.3, -0.25) is 14.5 Å². The predicted octanol–water partition coefficient (Wildman–Crippen LogP) is 4.28. The number of carbonyl (C=O) groups is 3. The first kappa shape index (κ1) is 39.6. The average molecular weight is 737 g/mol. The highest BCUT2D eigenvalue weighted by Gasteiger charge is 2.81. The van der Waals surface area contributed by atoms with Gasteiger partial charge in [0.25, 0.3) is 0 Å². The molecule has 5 aliphatic rings. The fourth-order valence-electron chi connectivity index (χ4n) is 10.5. The molecule has 1 aliphatic heterocycles. The quantitative estimate of drug-likeness (QED) is 0.137. The fourth-order valence-corrected chi connectivity index (χ4v) is 10.5. The molecule has 0 radical (unpaired) electrons. The Morgan fingerprint density at radius 3 is 2.36 bits per heavy atom. The van der Waals surface area contributed by atoms with Crippen LogP contribution in [-0.2, 0) is 28.6 Å². The zero-order chi connectivity index (χ0) is 38.4. The minimum absolute atomic E-state index is 0.0118. The van der Waals surface area contributed by atoms with E-state index in [-0.39, 0.29) is 44.3 Å². The van der Waals surface area contributed by atoms with Gasteiger partial charge >= 0.3 is 17.9 Å². The van der Waals surface area contributed by atoms with E-state index < -0.39 is 63.6 Å². The number of esters is 3. The molecular formula is C42H60N2O9. The number of nitrogens with zero attached hydrogens (tertiary/aromatic N) is 2. The van der Waals surface area contributed by atoms with Crippen molar-refractivity contribution in [2.75, 3.05) is 39.8 Å². The van der Waals surface area contributed by atoms with Crippen molar-refractivity contribution in [3.8, 4) is 0 Å². The maximum absolute atomic E-state index is 13.6. The van der Waals surface area contributed by atoms with E-state index in [9.17, 15) is 29.7 Å². The van der Waals surface area contributed by atoms with Gasteiger partial charge < -0.3 is 34.4 Å². The van der Waals surface area contributed by atoms with Crippen molar-refractivity contribution < 1.29 is 43.9 Å². The van der Waals surface area contributed by atoms with Crippen LogP contribution in [0.3, 0.4) is 0 Å². The second-order valence-corrected chi connectivity index (χ2v) is 17.0. The third-order valence-corrected chi connectivity index (χ3v) is 14.3. The third-order valence-electron chi connectivity index (χ3n) is 14.3. The van der Waals surface area contributed by atoms with Crippen molar-refractivity contribution in [2.24, 2.45) is 22.7 Å². The molecule has 292 valence electrons. The molecule has 1 aromatic carbocycles. The van der Waals surface area contributed by atoms with Crippen LogP contribution in [0.4, 0.5) is 0 Å². The zero-order valence-corrected chi connectivity index (χ0v) is 32.4. The van der Waals surface area contributed by atoms with E-state index in [0.29, 0.717) is 25.7 Å². The standard InChI is InChI=1S/C42H60N2O9/c1-7-28(2)37(47)51-29(3)40(48)19-20-42(50)39(40,5)34(53-35(45)14-13-30-11-9-8-10-12-30)26-33-38(4)17-16-32(25-31(38)15-18-41(33,42)49)52-36(46)27-44-23-21-43(6)22-24-44/h8-15,28-29,32-34,48-50H,7,16-27H2,1-6H3/b14-13+/t28-,29-,32-,33+,34+,38-,39+,40+,41-,42+/m0/s1. The van der Waals surface area contributed by atoms with Crippen LogP contribution < -0.4 is 0 Å². The number of carbonyl (C=O) groups excluding carboxylic acids is 3. The van der Waals surface area contributed by atoms with Gasteiger partial charge in [0.1, 0.15) is 35.1 Å². The van der Waals surface area contributed by atoms with E-state index in [0.717, 1.165) is 37.3 Å². The van der Waals surface area contributed by atoms with Gasteiger partial charge in [-0.1, -0.05) is 69.7 Å². The molecule has 6 rings (SSSR count). The number of likely N-dealkylation sites (N-methyl/N-ethyl adjacent to an activating group) is 1. The number of piperazine rings is 1. The van der Waals surface area contributed by atoms with Crippen molar-refractivity contribution in [3.05, 3.63) is 53.6 Å². The minimum atomic E-state index is -1.92. The van der Waals surface area contributed by atoms with E-state index in [2.05, 4.69) is 23.8 Å². The largest absolute Gasteiger partial charge is 0.461 e. The summed E-state index contributed by atoms with van der Waals surface area (Å²) in [4.78, 5) is 44.0. The Balaban J connectivity index is 1.29. The van der Waals surface area contributed by atoms with E-state index >= 15 is 0 Å². The highest BCUT2D eigenvalue weighted by molar-refractivity contribution is 5.87. The van der Waals surface area contributed by atoms with E-state index in [4.69, 9.17) is 14.2 Å². The molecule has 1 aromatic rings. The number of rotatable bonds is 10. The van der Waals surface area contributed by atoms with Gasteiger partial charge in [0, 0.05) is 44.6 Å². The first-order valence-corrected chi connectivity index (χ1v) is 19.6. The maximum atomic E-state index is 13.6. The van der Waals surface area contributed by atoms with Gasteiger partial charge in [0.2, 0.25) is 0 Å². The summed E-state index contributed by atoms with van der Waals surface area (Å²) in [6, 6.07) is 9.35. The van der Waals surface area contributed by atoms with Gasteiger partial charge in [-0.05, 0) is 76.0 Å². The van der Waals surface area contributed by atoms with Crippen molar-refractivity contribution in [1.29, 1.82) is 0 Å². The number of ether oxygens (including phenoxy) is 3. The first-order valence-electron chi connectivity index (χ1n) is 19.6. The van der Waals surface area contributed by atoms with E-state index in [1.165, 1.54) is 6.08 Å². The first-order chi connectivity index (χ1) is 25.0. The average Bonchev–Trinajstić information content (AvgIpc) is 3.37. The molecule has 0 bridgehead atoms. The molecule has 0 unspecified atom stereocenters. The lowest BCUT2D eigenvalue weighted by molar-refractivity contribution is -0.326. The Morgan fingerprint density at radius 1 is 0.981 bits per heavy atom. The smallest absolute Gasteiger partial charge is 0.331 e. The van der Waals surface area contributed by atoms with Gasteiger partial charge in [-0.15, -0.1) is 0 Å². The van der Waals surface area contributed by atoms with Gasteiger partial charge in [-0.25, -0.2) is 4.79 Å². The molecule has 3 N–H and O–H groups in total. The summed E-state index contributed by atoms with van der Waals surface area (Å²) in [5.41, 5.74) is -5.80. The van der Waals surface area contributed by atoms with Crippen LogP contribution in [0.15, 0.2) is 48.1 Å². The van der Waals surface area contributed by atoms with E-state index in [1.807, 2.05) is 43.3 Å². The van der Waals surface area contributed by atoms with Gasteiger partial charge in [0.05, 0.1) is 17.9 Å². The highest BCUT2D eigenvalue weighted by Crippen LogP contribution is 2.71. The van der Waals surface area contributed by atoms with Crippen LogP contribution in [0.2, 0.25) is 0 Å². The zero-order valence-electron chi connectivity index (χ0n) is 32.4. The van der Waals surface area contributed by atoms with Crippen LogP contribution in [0.25, 0.3) is 6.08 Å². The predicted molar refractivity (Wildman–Crippen MR) is 199 cm³/mol. The molecular weight excluding hydrogens is 676 g/mol. The van der Waals surface area contributed by atoms with Crippen LogP contribution in [-0.4, -0.2) is 118 Å². The van der Waals surface area contributed by atoms with Crippen molar-refractivity contribution in [3.63, 3.8) is 0 Å². The van der Waals surface area contributed by atoms with Crippen molar-refractivity contribution in [2.45, 2.75) is 121 Å². The van der Waals surface area contributed by atoms with Crippen LogP contribution in [0.1, 0.15) is 91.5 Å². The third kappa shape index (κ3) is 6.79. The molecule has 0 amide bonds. The number of hydrogen-bond donors (Lipinski definition) is 3. The molecule has 11 nitrogen and oxygen atoms in total. The summed E-state index contributed by atoms with van der Waals surface area (Å²) in [5, 5.41) is 38.7. The Hall–Kier alpha value is -3.09. The second kappa shape index (κ2) is 14.9. The summed E-state index contributed by atoms with van der Waals surface area (Å²) < 4.78 is 18.2. The molecule has 1 saturated heterocycles. The molecule has 4 aliphatic carbocycles.